The quantitative estimate of drug-likeness (QED) is 0.159. The summed E-state index contributed by atoms with van der Waals surface area (Å²) in [5.41, 5.74) is 11.2. The molecule has 49 heavy (non-hydrogen) atoms. The van der Waals surface area contributed by atoms with Crippen molar-refractivity contribution < 1.29 is 0 Å². The van der Waals surface area contributed by atoms with E-state index in [4.69, 9.17) is 0 Å². The molecule has 0 spiro atoms. The lowest BCUT2D eigenvalue weighted by Gasteiger charge is -2.27. The second-order valence-corrected chi connectivity index (χ2v) is 13.0. The molecule has 236 valence electrons. The van der Waals surface area contributed by atoms with Crippen molar-refractivity contribution in [2.24, 2.45) is 0 Å². The van der Waals surface area contributed by atoms with Crippen LogP contribution in [0.25, 0.3) is 66.1 Å². The molecule has 1 aliphatic rings. The Hall–Kier alpha value is -5.86. The highest BCUT2D eigenvalue weighted by Gasteiger charge is 2.24. The molecule has 0 unspecified atom stereocenters. The molecule has 1 aliphatic carbocycles. The summed E-state index contributed by atoms with van der Waals surface area (Å²) in [6.07, 6.45) is 14.5. The van der Waals surface area contributed by atoms with Crippen molar-refractivity contribution in [3.63, 3.8) is 0 Å². The first-order valence-corrected chi connectivity index (χ1v) is 17.5. The highest BCUT2D eigenvalue weighted by atomic mass is 15.1. The minimum atomic E-state index is 0.939. The van der Waals surface area contributed by atoms with E-state index in [0.29, 0.717) is 0 Å². The Balaban J connectivity index is 1.31. The van der Waals surface area contributed by atoms with Gasteiger partial charge in [-0.1, -0.05) is 116 Å². The van der Waals surface area contributed by atoms with Crippen molar-refractivity contribution in [1.29, 1.82) is 0 Å². The highest BCUT2D eigenvalue weighted by molar-refractivity contribution is 6.36. The summed E-state index contributed by atoms with van der Waals surface area (Å²) in [5.74, 6) is 0. The van der Waals surface area contributed by atoms with Crippen LogP contribution in [-0.4, -0.2) is 4.57 Å². The third-order valence-corrected chi connectivity index (χ3v) is 10.2. The predicted octanol–water partition coefficient (Wildman–Crippen LogP) is 13.2. The molecule has 2 nitrogen and oxygen atoms in total. The van der Waals surface area contributed by atoms with Crippen LogP contribution in [0.2, 0.25) is 0 Å². The Bertz CT molecular complexity index is 2560. The van der Waals surface area contributed by atoms with Gasteiger partial charge in [0.05, 0.1) is 5.52 Å². The standard InChI is InChI=1S/C47H38N2/c1-3-16-39-43(4-2)49(36-22-12-7-13-23-36)47-41-26-15-24-38-42(31-33-17-14-25-40(46(39)47)44(33)45(38)41)32-27-29-37(30-28-32)48(34-18-8-5-9-19-34)35-20-10-6-11-21-35/h3,5,7-10,12-31H,4,6,11H2,1-2H3/b16-3-. The van der Waals surface area contributed by atoms with Gasteiger partial charge in [0.25, 0.3) is 0 Å². The van der Waals surface area contributed by atoms with Crippen LogP contribution in [0, 0.1) is 0 Å². The Morgan fingerprint density at radius 2 is 1.39 bits per heavy atom. The molecule has 0 bridgehead atoms. The molecule has 0 radical (unpaired) electrons. The lowest BCUT2D eigenvalue weighted by molar-refractivity contribution is 0.959. The molecule has 0 amide bonds. The fourth-order valence-electron chi connectivity index (χ4n) is 8.20. The van der Waals surface area contributed by atoms with Crippen LogP contribution in [0.3, 0.4) is 0 Å². The monoisotopic (exact) mass is 630 g/mol. The number of para-hydroxylation sites is 2. The van der Waals surface area contributed by atoms with Crippen molar-refractivity contribution >= 4 is 60.7 Å². The molecule has 0 N–H and O–H groups in total. The number of anilines is 2. The summed E-state index contributed by atoms with van der Waals surface area (Å²) >= 11 is 0. The van der Waals surface area contributed by atoms with Crippen molar-refractivity contribution in [2.75, 3.05) is 4.90 Å². The Morgan fingerprint density at radius 3 is 2.12 bits per heavy atom. The number of hydrogen-bond donors (Lipinski definition) is 0. The summed E-state index contributed by atoms with van der Waals surface area (Å²) in [5, 5.41) is 9.23. The van der Waals surface area contributed by atoms with Gasteiger partial charge in [-0.15, -0.1) is 0 Å². The van der Waals surface area contributed by atoms with E-state index in [0.717, 1.165) is 24.9 Å². The zero-order valence-electron chi connectivity index (χ0n) is 28.0. The van der Waals surface area contributed by atoms with Crippen LogP contribution >= 0.6 is 0 Å². The summed E-state index contributed by atoms with van der Waals surface area (Å²) in [7, 11) is 0. The fourth-order valence-corrected chi connectivity index (χ4v) is 8.20. The van der Waals surface area contributed by atoms with E-state index in [1.165, 1.54) is 82.7 Å². The highest BCUT2D eigenvalue weighted by Crippen LogP contribution is 2.47. The van der Waals surface area contributed by atoms with Crippen molar-refractivity contribution in [3.8, 4) is 16.8 Å². The van der Waals surface area contributed by atoms with Gasteiger partial charge >= 0.3 is 0 Å². The first-order valence-electron chi connectivity index (χ1n) is 17.5. The molecule has 0 atom stereocenters. The molecule has 9 rings (SSSR count). The zero-order chi connectivity index (χ0) is 32.9. The molecule has 0 fully saturated rings. The maximum atomic E-state index is 2.52. The molecule has 2 heteroatoms. The van der Waals surface area contributed by atoms with Crippen molar-refractivity contribution in [3.05, 3.63) is 169 Å². The van der Waals surface area contributed by atoms with Crippen LogP contribution in [0.4, 0.5) is 11.4 Å². The largest absolute Gasteiger partial charge is 0.312 e. The third-order valence-electron chi connectivity index (χ3n) is 10.2. The van der Waals surface area contributed by atoms with Gasteiger partial charge in [0.15, 0.2) is 0 Å². The number of benzene rings is 7. The van der Waals surface area contributed by atoms with Gasteiger partial charge < -0.3 is 9.47 Å². The summed E-state index contributed by atoms with van der Waals surface area (Å²) in [6, 6.07) is 46.9. The number of hydrogen-bond acceptors (Lipinski definition) is 1. The topological polar surface area (TPSA) is 8.17 Å². The van der Waals surface area contributed by atoms with Gasteiger partial charge in [0.1, 0.15) is 0 Å². The molecular weight excluding hydrogens is 593 g/mol. The molecule has 0 saturated carbocycles. The summed E-state index contributed by atoms with van der Waals surface area (Å²) in [4.78, 5) is 2.37. The fraction of sp³-hybridized carbons (Fsp3) is 0.106. The number of nitrogens with zero attached hydrogens (tertiary/aromatic N) is 2. The smallest absolute Gasteiger partial charge is 0.0622 e. The first kappa shape index (κ1) is 29.3. The average Bonchev–Trinajstić information content (AvgIpc) is 3.50. The third kappa shape index (κ3) is 4.63. The second-order valence-electron chi connectivity index (χ2n) is 13.0. The van der Waals surface area contributed by atoms with Crippen LogP contribution < -0.4 is 4.90 Å². The van der Waals surface area contributed by atoms with E-state index < -0.39 is 0 Å². The number of rotatable bonds is 7. The minimum Gasteiger partial charge on any atom is -0.312 e. The van der Waals surface area contributed by atoms with Gasteiger partial charge in [0, 0.05) is 50.2 Å². The van der Waals surface area contributed by atoms with Gasteiger partial charge in [-0.25, -0.2) is 0 Å². The van der Waals surface area contributed by atoms with Crippen LogP contribution in [0.1, 0.15) is 37.9 Å². The van der Waals surface area contributed by atoms with Gasteiger partial charge in [-0.2, -0.15) is 0 Å². The van der Waals surface area contributed by atoms with Crippen LogP contribution in [0.15, 0.2) is 157 Å². The Kier molecular flexibility index (Phi) is 7.16. The molecular formula is C47H38N2. The molecule has 8 aromatic rings. The molecule has 1 heterocycles. The van der Waals surface area contributed by atoms with Crippen molar-refractivity contribution in [1.82, 2.24) is 4.57 Å². The van der Waals surface area contributed by atoms with Crippen molar-refractivity contribution in [2.45, 2.75) is 33.1 Å². The Morgan fingerprint density at radius 1 is 0.673 bits per heavy atom. The molecule has 0 aliphatic heterocycles. The van der Waals surface area contributed by atoms with E-state index in [-0.39, 0.29) is 0 Å². The number of allylic oxidation sites excluding steroid dienone is 4. The first-order chi connectivity index (χ1) is 24.3. The predicted molar refractivity (Wildman–Crippen MR) is 212 cm³/mol. The zero-order valence-corrected chi connectivity index (χ0v) is 28.0. The maximum absolute atomic E-state index is 2.52. The average molecular weight is 631 g/mol. The summed E-state index contributed by atoms with van der Waals surface area (Å²) in [6.45, 7) is 4.41. The lowest BCUT2D eigenvalue weighted by Crippen LogP contribution is -2.16. The molecule has 1 aromatic heterocycles. The van der Waals surface area contributed by atoms with E-state index >= 15 is 0 Å². The van der Waals surface area contributed by atoms with Gasteiger partial charge in [-0.05, 0) is 107 Å². The second kappa shape index (κ2) is 12.0. The van der Waals surface area contributed by atoms with Crippen LogP contribution in [-0.2, 0) is 6.42 Å². The van der Waals surface area contributed by atoms with E-state index in [2.05, 4.69) is 181 Å². The maximum Gasteiger partial charge on any atom is 0.0622 e. The SMILES string of the molecule is C/C=C\c1c(CC)n(-c2ccccc2)c2c3cccc4c(-c5ccc(N(C6=CCCC=C6)c6ccccc6)cc5)cc5cccc(c12)c5c43. The van der Waals surface area contributed by atoms with E-state index in [1.807, 2.05) is 0 Å². The van der Waals surface area contributed by atoms with E-state index in [1.54, 1.807) is 0 Å². The lowest BCUT2D eigenvalue weighted by atomic mass is 9.86. The van der Waals surface area contributed by atoms with E-state index in [9.17, 15) is 0 Å². The minimum absolute atomic E-state index is 0.939. The van der Waals surface area contributed by atoms with Gasteiger partial charge in [0.2, 0.25) is 0 Å². The molecule has 0 saturated heterocycles. The summed E-state index contributed by atoms with van der Waals surface area (Å²) < 4.78 is 2.52. The number of fused-ring (bicyclic) bond motifs is 3. The normalized spacial score (nSPS) is 13.4. The molecule has 7 aromatic carbocycles. The van der Waals surface area contributed by atoms with Crippen LogP contribution in [0.5, 0.6) is 0 Å². The van der Waals surface area contributed by atoms with Gasteiger partial charge in [-0.3, -0.25) is 0 Å². The number of aromatic nitrogens is 1. The Labute approximate surface area is 287 Å².